The summed E-state index contributed by atoms with van der Waals surface area (Å²) in [5.41, 5.74) is 4.14. The fourth-order valence-corrected chi connectivity index (χ4v) is 5.07. The second kappa shape index (κ2) is 8.75. The maximum atomic E-state index is 13.5. The summed E-state index contributed by atoms with van der Waals surface area (Å²) in [5, 5.41) is 4.00. The van der Waals surface area contributed by atoms with Gasteiger partial charge in [-0.25, -0.2) is 0 Å². The third-order valence-electron chi connectivity index (χ3n) is 7.27. The largest absolute Gasteiger partial charge is 0.432 e. The van der Waals surface area contributed by atoms with Crippen LogP contribution in [0.3, 0.4) is 0 Å². The molecule has 2 aromatic carbocycles. The molecule has 8 heteroatoms. The number of aromatic nitrogens is 1. The van der Waals surface area contributed by atoms with E-state index >= 15 is 0 Å². The third kappa shape index (κ3) is 4.31. The molecule has 0 spiro atoms. The number of carbonyl (C=O) groups excluding carboxylic acids is 1. The molecule has 1 N–H and O–H groups in total. The Bertz CT molecular complexity index is 1280. The third-order valence-corrected chi connectivity index (χ3v) is 7.27. The molecule has 2 heterocycles. The molecule has 1 aromatic heterocycles. The summed E-state index contributed by atoms with van der Waals surface area (Å²) >= 11 is 0. The highest BCUT2D eigenvalue weighted by Crippen LogP contribution is 2.50. The zero-order valence-electron chi connectivity index (χ0n) is 20.4. The van der Waals surface area contributed by atoms with Crippen LogP contribution in [0.25, 0.3) is 10.9 Å². The van der Waals surface area contributed by atoms with E-state index in [4.69, 9.17) is 4.74 Å². The number of aryl methyl sites for hydroxylation is 2. The van der Waals surface area contributed by atoms with Gasteiger partial charge in [-0.1, -0.05) is 12.1 Å². The summed E-state index contributed by atoms with van der Waals surface area (Å²) in [7, 11) is 4.16. The molecule has 0 bridgehead atoms. The number of anilines is 1. The van der Waals surface area contributed by atoms with Crippen LogP contribution in [0.1, 0.15) is 39.9 Å². The predicted octanol–water partition coefficient (Wildman–Crippen LogP) is 4.62. The minimum absolute atomic E-state index is 0.0492. The van der Waals surface area contributed by atoms with Gasteiger partial charge in [-0.2, -0.15) is 8.78 Å². The molecule has 1 saturated heterocycles. The molecule has 184 valence electrons. The standard InChI is InChI=1S/C27H30F2N4O2/c1-16-7-8-18(33-14-19(15-33)32(3)4)13-21(16)25(34)31-27(9-10-27)23-17(2)12-22(35-26(28)29)24-20(23)6-5-11-30-24/h5-8,11-13,19,26H,9-10,14-15H2,1-4H3,(H,31,34). The number of pyridine rings is 1. The Labute approximate surface area is 203 Å². The van der Waals surface area contributed by atoms with E-state index in [-0.39, 0.29) is 11.7 Å². The summed E-state index contributed by atoms with van der Waals surface area (Å²) in [4.78, 5) is 22.3. The Morgan fingerprint density at radius 1 is 1.17 bits per heavy atom. The fraction of sp³-hybridized carbons (Fsp3) is 0.407. The molecule has 1 aliphatic carbocycles. The number of benzene rings is 2. The van der Waals surface area contributed by atoms with Gasteiger partial charge in [0.15, 0.2) is 5.75 Å². The lowest BCUT2D eigenvalue weighted by Crippen LogP contribution is -2.57. The zero-order chi connectivity index (χ0) is 24.9. The van der Waals surface area contributed by atoms with E-state index in [0.29, 0.717) is 17.1 Å². The molecule has 3 aromatic rings. The second-order valence-electron chi connectivity index (χ2n) is 9.90. The van der Waals surface area contributed by atoms with Gasteiger partial charge in [-0.05, 0) is 81.7 Å². The van der Waals surface area contributed by atoms with Gasteiger partial charge in [0.2, 0.25) is 0 Å². The van der Waals surface area contributed by atoms with E-state index in [1.807, 2.05) is 32.0 Å². The first-order valence-corrected chi connectivity index (χ1v) is 11.9. The topological polar surface area (TPSA) is 57.7 Å². The van der Waals surface area contributed by atoms with Crippen LogP contribution in [-0.4, -0.2) is 55.6 Å². The van der Waals surface area contributed by atoms with Crippen molar-refractivity contribution in [2.75, 3.05) is 32.1 Å². The maximum Gasteiger partial charge on any atom is 0.387 e. The Balaban J connectivity index is 1.45. The normalized spacial score (nSPS) is 17.1. The smallest absolute Gasteiger partial charge is 0.387 e. The van der Waals surface area contributed by atoms with Crippen molar-refractivity contribution in [1.29, 1.82) is 0 Å². The number of nitrogens with zero attached hydrogens (tertiary/aromatic N) is 3. The number of ether oxygens (including phenoxy) is 1. The van der Waals surface area contributed by atoms with Crippen molar-refractivity contribution in [2.45, 2.75) is 44.9 Å². The van der Waals surface area contributed by atoms with Crippen LogP contribution in [0.2, 0.25) is 0 Å². The molecule has 0 atom stereocenters. The van der Waals surface area contributed by atoms with Crippen LogP contribution in [0.15, 0.2) is 42.6 Å². The van der Waals surface area contributed by atoms with Gasteiger partial charge in [-0.3, -0.25) is 9.78 Å². The van der Waals surface area contributed by atoms with Crippen molar-refractivity contribution in [3.63, 3.8) is 0 Å². The molecule has 2 fully saturated rings. The van der Waals surface area contributed by atoms with Crippen molar-refractivity contribution in [2.24, 2.45) is 0 Å². The molecule has 2 aliphatic rings. The Hall–Kier alpha value is -3.26. The summed E-state index contributed by atoms with van der Waals surface area (Å²) in [6, 6.07) is 11.8. The van der Waals surface area contributed by atoms with Gasteiger partial charge in [-0.15, -0.1) is 0 Å². The average molecular weight is 481 g/mol. The number of alkyl halides is 2. The first-order valence-electron chi connectivity index (χ1n) is 11.9. The lowest BCUT2D eigenvalue weighted by Gasteiger charge is -2.44. The van der Waals surface area contributed by atoms with Gasteiger partial charge >= 0.3 is 6.61 Å². The van der Waals surface area contributed by atoms with E-state index < -0.39 is 12.2 Å². The lowest BCUT2D eigenvalue weighted by molar-refractivity contribution is -0.0489. The molecule has 1 saturated carbocycles. The van der Waals surface area contributed by atoms with Crippen molar-refractivity contribution in [3.05, 3.63) is 64.8 Å². The number of halogens is 2. The molecule has 5 rings (SSSR count). The van der Waals surface area contributed by atoms with Gasteiger partial charge in [0.25, 0.3) is 5.91 Å². The highest BCUT2D eigenvalue weighted by molar-refractivity contribution is 5.98. The molecule has 0 radical (unpaired) electrons. The van der Waals surface area contributed by atoms with E-state index in [0.717, 1.165) is 53.7 Å². The number of hydrogen-bond acceptors (Lipinski definition) is 5. The predicted molar refractivity (Wildman–Crippen MR) is 132 cm³/mol. The number of likely N-dealkylation sites (N-methyl/N-ethyl adjacent to an activating group) is 1. The number of fused-ring (bicyclic) bond motifs is 1. The maximum absolute atomic E-state index is 13.5. The molecular formula is C27H30F2N4O2. The second-order valence-corrected chi connectivity index (χ2v) is 9.90. The van der Waals surface area contributed by atoms with Crippen LogP contribution in [0.5, 0.6) is 5.75 Å². The van der Waals surface area contributed by atoms with E-state index in [9.17, 15) is 13.6 Å². The highest BCUT2D eigenvalue weighted by atomic mass is 19.3. The van der Waals surface area contributed by atoms with Crippen molar-refractivity contribution >= 4 is 22.5 Å². The van der Waals surface area contributed by atoms with Crippen molar-refractivity contribution in [3.8, 4) is 5.75 Å². The quantitative estimate of drug-likeness (QED) is 0.535. The van der Waals surface area contributed by atoms with Crippen LogP contribution in [-0.2, 0) is 5.54 Å². The Morgan fingerprint density at radius 2 is 1.91 bits per heavy atom. The fourth-order valence-electron chi connectivity index (χ4n) is 5.07. The van der Waals surface area contributed by atoms with Gasteiger partial charge in [0.05, 0.1) is 5.54 Å². The first-order chi connectivity index (χ1) is 16.7. The summed E-state index contributed by atoms with van der Waals surface area (Å²) in [5.74, 6) is -0.0796. The van der Waals surface area contributed by atoms with Gasteiger partial charge in [0, 0.05) is 42.0 Å². The van der Waals surface area contributed by atoms with E-state index in [2.05, 4.69) is 40.3 Å². The molecule has 1 aliphatic heterocycles. The Morgan fingerprint density at radius 3 is 2.57 bits per heavy atom. The van der Waals surface area contributed by atoms with Crippen LogP contribution in [0.4, 0.5) is 14.5 Å². The molecule has 1 amide bonds. The molecule has 35 heavy (non-hydrogen) atoms. The lowest BCUT2D eigenvalue weighted by atomic mass is 9.93. The minimum atomic E-state index is -2.94. The summed E-state index contributed by atoms with van der Waals surface area (Å²) in [6.45, 7) is 2.74. The molecular weight excluding hydrogens is 450 g/mol. The van der Waals surface area contributed by atoms with Gasteiger partial charge < -0.3 is 19.9 Å². The zero-order valence-corrected chi connectivity index (χ0v) is 20.4. The monoisotopic (exact) mass is 480 g/mol. The number of rotatable bonds is 7. The Kier molecular flexibility index (Phi) is 5.87. The SMILES string of the molecule is Cc1ccc(N2CC(N(C)C)C2)cc1C(=O)NC1(c2c(C)cc(OC(F)F)c3ncccc23)CC1. The number of amides is 1. The molecule has 6 nitrogen and oxygen atoms in total. The van der Waals surface area contributed by atoms with Crippen molar-refractivity contribution in [1.82, 2.24) is 15.2 Å². The van der Waals surface area contributed by atoms with Crippen LogP contribution < -0.4 is 15.0 Å². The summed E-state index contributed by atoms with van der Waals surface area (Å²) in [6.07, 6.45) is 3.10. The minimum Gasteiger partial charge on any atom is -0.432 e. The number of carbonyl (C=O) groups is 1. The van der Waals surface area contributed by atoms with E-state index in [1.165, 1.54) is 0 Å². The summed E-state index contributed by atoms with van der Waals surface area (Å²) < 4.78 is 30.7. The number of nitrogens with one attached hydrogen (secondary N) is 1. The molecule has 0 unspecified atom stereocenters. The highest BCUT2D eigenvalue weighted by Gasteiger charge is 2.48. The number of hydrogen-bond donors (Lipinski definition) is 1. The van der Waals surface area contributed by atoms with E-state index in [1.54, 1.807) is 18.3 Å². The first kappa shape index (κ1) is 23.5. The van der Waals surface area contributed by atoms with Crippen molar-refractivity contribution < 1.29 is 18.3 Å². The average Bonchev–Trinajstić information content (AvgIpc) is 3.52. The van der Waals surface area contributed by atoms with Crippen LogP contribution >= 0.6 is 0 Å². The van der Waals surface area contributed by atoms with Gasteiger partial charge in [0.1, 0.15) is 5.52 Å². The van der Waals surface area contributed by atoms with Crippen LogP contribution in [0, 0.1) is 13.8 Å².